The summed E-state index contributed by atoms with van der Waals surface area (Å²) in [6.45, 7) is 7.70. The molecule has 0 radical (unpaired) electrons. The second kappa shape index (κ2) is 5.99. The summed E-state index contributed by atoms with van der Waals surface area (Å²) in [5, 5.41) is 0.637. The van der Waals surface area contributed by atoms with Crippen molar-refractivity contribution >= 4 is 28.5 Å². The van der Waals surface area contributed by atoms with E-state index in [-0.39, 0.29) is 12.1 Å². The fourth-order valence-electron chi connectivity index (χ4n) is 3.33. The molecule has 0 atom stereocenters. The molecular weight excluding hydrogens is 366 g/mol. The van der Waals surface area contributed by atoms with E-state index in [1.54, 1.807) is 30.5 Å². The number of halogens is 1. The molecule has 138 valence electrons. The molecular formula is C19H18ClN5O2. The Bertz CT molecular complexity index is 1340. The van der Waals surface area contributed by atoms with Gasteiger partial charge < -0.3 is 0 Å². The second-order valence-corrected chi connectivity index (χ2v) is 7.16. The molecule has 0 aliphatic carbocycles. The number of benzene rings is 1. The average molecular weight is 384 g/mol. The van der Waals surface area contributed by atoms with Crippen molar-refractivity contribution in [1.29, 1.82) is 0 Å². The zero-order valence-electron chi connectivity index (χ0n) is 15.2. The molecule has 1 aromatic carbocycles. The monoisotopic (exact) mass is 383 g/mol. The maximum Gasteiger partial charge on any atom is 0.332 e. The molecule has 3 aromatic heterocycles. The molecule has 0 N–H and O–H groups in total. The lowest BCUT2D eigenvalue weighted by Crippen LogP contribution is -2.39. The summed E-state index contributed by atoms with van der Waals surface area (Å²) >= 11 is 5.99. The smallest absolute Gasteiger partial charge is 0.283 e. The Balaban J connectivity index is 2.12. The van der Waals surface area contributed by atoms with Crippen LogP contribution in [0.4, 0.5) is 0 Å². The lowest BCUT2D eigenvalue weighted by atomic mass is 10.3. The van der Waals surface area contributed by atoms with E-state index < -0.39 is 5.69 Å². The summed E-state index contributed by atoms with van der Waals surface area (Å²) in [7, 11) is 1.62. The molecule has 3 heterocycles. The van der Waals surface area contributed by atoms with Gasteiger partial charge in [0.1, 0.15) is 0 Å². The Labute approximate surface area is 159 Å². The first-order chi connectivity index (χ1) is 12.8. The first kappa shape index (κ1) is 17.4. The van der Waals surface area contributed by atoms with E-state index in [1.807, 2.05) is 29.8 Å². The fourth-order valence-corrected chi connectivity index (χ4v) is 3.46. The van der Waals surface area contributed by atoms with Gasteiger partial charge in [-0.25, -0.2) is 4.79 Å². The van der Waals surface area contributed by atoms with Crippen molar-refractivity contribution in [3.63, 3.8) is 0 Å². The number of nitrogens with zero attached hydrogens (tertiary/aromatic N) is 5. The van der Waals surface area contributed by atoms with Crippen molar-refractivity contribution in [2.24, 2.45) is 7.05 Å². The van der Waals surface area contributed by atoms with Crippen molar-refractivity contribution < 1.29 is 0 Å². The van der Waals surface area contributed by atoms with Crippen LogP contribution in [0.5, 0.6) is 0 Å². The average Bonchev–Trinajstić information content (AvgIpc) is 3.12. The number of imidazole rings is 2. The zero-order chi connectivity index (χ0) is 19.5. The van der Waals surface area contributed by atoms with Gasteiger partial charge in [-0.1, -0.05) is 23.8 Å². The molecule has 0 bridgehead atoms. The van der Waals surface area contributed by atoms with Crippen LogP contribution in [-0.2, 0) is 13.6 Å². The SMILES string of the molecule is C=C(C)Cn1c(=O)c2c(nc3n(-c4ccc(Cl)cc4)c(C)cn23)n(C)c1=O. The Morgan fingerprint density at radius 1 is 1.22 bits per heavy atom. The third kappa shape index (κ3) is 2.54. The highest BCUT2D eigenvalue weighted by Crippen LogP contribution is 2.22. The largest absolute Gasteiger partial charge is 0.332 e. The summed E-state index contributed by atoms with van der Waals surface area (Å²) in [6.07, 6.45) is 1.84. The van der Waals surface area contributed by atoms with Crippen molar-refractivity contribution in [2.75, 3.05) is 0 Å². The third-order valence-corrected chi connectivity index (χ3v) is 4.79. The van der Waals surface area contributed by atoms with Gasteiger partial charge in [-0.2, -0.15) is 4.98 Å². The molecule has 4 rings (SSSR count). The van der Waals surface area contributed by atoms with Gasteiger partial charge in [0.15, 0.2) is 11.2 Å². The van der Waals surface area contributed by atoms with Gasteiger partial charge in [0, 0.05) is 29.6 Å². The van der Waals surface area contributed by atoms with E-state index in [2.05, 4.69) is 11.6 Å². The van der Waals surface area contributed by atoms with Crippen molar-refractivity contribution in [1.82, 2.24) is 23.1 Å². The van der Waals surface area contributed by atoms with Gasteiger partial charge >= 0.3 is 5.69 Å². The van der Waals surface area contributed by atoms with Gasteiger partial charge in [0.2, 0.25) is 5.78 Å². The number of aromatic nitrogens is 5. The minimum atomic E-state index is -0.411. The molecule has 0 saturated carbocycles. The molecule has 0 fully saturated rings. The summed E-state index contributed by atoms with van der Waals surface area (Å²) in [5.41, 5.74) is 2.42. The second-order valence-electron chi connectivity index (χ2n) is 6.73. The van der Waals surface area contributed by atoms with Crippen molar-refractivity contribution in [3.8, 4) is 5.69 Å². The number of hydrogen-bond acceptors (Lipinski definition) is 3. The molecule has 8 heteroatoms. The quantitative estimate of drug-likeness (QED) is 0.511. The summed E-state index contributed by atoms with van der Waals surface area (Å²) in [4.78, 5) is 30.2. The molecule has 4 aromatic rings. The van der Waals surface area contributed by atoms with Gasteiger partial charge in [0.25, 0.3) is 5.56 Å². The lowest BCUT2D eigenvalue weighted by molar-refractivity contribution is 0.651. The molecule has 0 aliphatic rings. The van der Waals surface area contributed by atoms with Crippen LogP contribution in [0.25, 0.3) is 22.6 Å². The zero-order valence-corrected chi connectivity index (χ0v) is 16.0. The molecule has 0 amide bonds. The third-order valence-electron chi connectivity index (χ3n) is 4.54. The minimum absolute atomic E-state index is 0.172. The number of fused-ring (bicyclic) bond motifs is 3. The number of rotatable bonds is 3. The maximum atomic E-state index is 13.0. The highest BCUT2D eigenvalue weighted by atomic mass is 35.5. The predicted octanol–water partition coefficient (Wildman–Crippen LogP) is 2.68. The summed E-state index contributed by atoms with van der Waals surface area (Å²) in [6, 6.07) is 7.36. The first-order valence-electron chi connectivity index (χ1n) is 8.40. The first-order valence-corrected chi connectivity index (χ1v) is 8.77. The highest BCUT2D eigenvalue weighted by molar-refractivity contribution is 6.30. The molecule has 0 unspecified atom stereocenters. The van der Waals surface area contributed by atoms with Crippen LogP contribution in [0.2, 0.25) is 5.02 Å². The van der Waals surface area contributed by atoms with Crippen LogP contribution in [-0.4, -0.2) is 23.1 Å². The molecule has 0 saturated heterocycles. The van der Waals surface area contributed by atoms with Crippen LogP contribution in [0.1, 0.15) is 12.6 Å². The van der Waals surface area contributed by atoms with E-state index in [9.17, 15) is 9.59 Å². The Kier molecular flexibility index (Phi) is 3.85. The van der Waals surface area contributed by atoms with Crippen LogP contribution in [0.3, 0.4) is 0 Å². The van der Waals surface area contributed by atoms with Gasteiger partial charge in [0.05, 0.1) is 6.54 Å². The van der Waals surface area contributed by atoms with Gasteiger partial charge in [-0.05, 0) is 38.1 Å². The number of allylic oxidation sites excluding steroid dienone is 1. The van der Waals surface area contributed by atoms with E-state index >= 15 is 0 Å². The van der Waals surface area contributed by atoms with Crippen LogP contribution in [0.15, 0.2) is 52.2 Å². The molecule has 0 spiro atoms. The summed E-state index contributed by atoms with van der Waals surface area (Å²) in [5.74, 6) is 0.560. The normalized spacial score (nSPS) is 11.6. The lowest BCUT2D eigenvalue weighted by Gasteiger charge is -2.07. The maximum absolute atomic E-state index is 13.0. The fraction of sp³-hybridized carbons (Fsp3) is 0.211. The van der Waals surface area contributed by atoms with Gasteiger partial charge in [-0.15, -0.1) is 0 Å². The predicted molar refractivity (Wildman–Crippen MR) is 106 cm³/mol. The standard InChI is InChI=1S/C19H18ClN5O2/c1-11(2)9-24-17(26)15-16(22(4)19(24)27)21-18-23(15)10-12(3)25(18)14-7-5-13(20)6-8-14/h5-8,10H,1,9H2,2-4H3. The molecule has 27 heavy (non-hydrogen) atoms. The Morgan fingerprint density at radius 2 is 1.89 bits per heavy atom. The number of aryl methyl sites for hydroxylation is 2. The van der Waals surface area contributed by atoms with Crippen molar-refractivity contribution in [2.45, 2.75) is 20.4 Å². The molecule has 0 aliphatic heterocycles. The number of hydrogen-bond donors (Lipinski definition) is 0. The van der Waals surface area contributed by atoms with Gasteiger partial charge in [-0.3, -0.25) is 22.9 Å². The van der Waals surface area contributed by atoms with Crippen molar-refractivity contribution in [3.05, 3.63) is 74.2 Å². The minimum Gasteiger partial charge on any atom is -0.283 e. The Hall–Kier alpha value is -3.06. The van der Waals surface area contributed by atoms with Crippen LogP contribution >= 0.6 is 11.6 Å². The van der Waals surface area contributed by atoms with E-state index in [0.29, 0.717) is 22.0 Å². The topological polar surface area (TPSA) is 66.2 Å². The Morgan fingerprint density at radius 3 is 2.52 bits per heavy atom. The van der Waals surface area contributed by atoms with E-state index in [1.165, 1.54) is 9.13 Å². The van der Waals surface area contributed by atoms with Crippen LogP contribution in [0, 0.1) is 6.92 Å². The molecule has 7 nitrogen and oxygen atoms in total. The van der Waals surface area contributed by atoms with E-state index in [0.717, 1.165) is 17.0 Å². The summed E-state index contributed by atoms with van der Waals surface area (Å²) < 4.78 is 6.24. The van der Waals surface area contributed by atoms with E-state index in [4.69, 9.17) is 11.6 Å². The van der Waals surface area contributed by atoms with Crippen LogP contribution < -0.4 is 11.2 Å². The highest BCUT2D eigenvalue weighted by Gasteiger charge is 2.20.